The molecule has 0 aliphatic carbocycles. The van der Waals surface area contributed by atoms with Gasteiger partial charge in [0.25, 0.3) is 0 Å². The number of hydrogen-bond acceptors (Lipinski definition) is 3. The fourth-order valence-corrected chi connectivity index (χ4v) is 1.38. The van der Waals surface area contributed by atoms with Crippen LogP contribution in [0.15, 0.2) is 18.5 Å². The molecule has 2 N–H and O–H groups in total. The van der Waals surface area contributed by atoms with Crippen LogP contribution in [0.5, 0.6) is 0 Å². The van der Waals surface area contributed by atoms with Crippen molar-refractivity contribution in [2.24, 2.45) is 0 Å². The van der Waals surface area contributed by atoms with Crippen molar-refractivity contribution in [2.75, 3.05) is 24.2 Å². The van der Waals surface area contributed by atoms with Crippen LogP contribution in [-0.4, -0.2) is 24.8 Å². The van der Waals surface area contributed by atoms with Gasteiger partial charge in [0.2, 0.25) is 0 Å². The van der Waals surface area contributed by atoms with Crippen LogP contribution in [0.25, 0.3) is 0 Å². The van der Waals surface area contributed by atoms with Crippen molar-refractivity contribution in [3.05, 3.63) is 18.5 Å². The van der Waals surface area contributed by atoms with Crippen molar-refractivity contribution < 1.29 is 13.2 Å². The molecule has 90 valence electrons. The van der Waals surface area contributed by atoms with Gasteiger partial charge in [0.05, 0.1) is 17.6 Å². The zero-order valence-corrected chi connectivity index (χ0v) is 8.96. The summed E-state index contributed by atoms with van der Waals surface area (Å²) in [5.41, 5.74) is 6.83. The first kappa shape index (κ1) is 12.6. The van der Waals surface area contributed by atoms with Crippen molar-refractivity contribution in [1.29, 1.82) is 0 Å². The molecule has 0 aromatic carbocycles. The molecule has 0 spiro atoms. The maximum Gasteiger partial charge on any atom is 0.389 e. The Morgan fingerprint density at radius 1 is 1.44 bits per heavy atom. The van der Waals surface area contributed by atoms with Gasteiger partial charge in [-0.25, -0.2) is 0 Å². The molecule has 6 heteroatoms. The Morgan fingerprint density at radius 3 is 2.69 bits per heavy atom. The van der Waals surface area contributed by atoms with Gasteiger partial charge in [0.15, 0.2) is 0 Å². The van der Waals surface area contributed by atoms with Crippen LogP contribution in [0.4, 0.5) is 24.5 Å². The van der Waals surface area contributed by atoms with E-state index < -0.39 is 12.6 Å². The van der Waals surface area contributed by atoms with Crippen molar-refractivity contribution >= 4 is 11.4 Å². The summed E-state index contributed by atoms with van der Waals surface area (Å²) < 4.78 is 35.8. The normalized spacial score (nSPS) is 11.5. The molecule has 0 amide bonds. The van der Waals surface area contributed by atoms with Crippen molar-refractivity contribution in [3.63, 3.8) is 0 Å². The molecule has 1 heterocycles. The molecule has 16 heavy (non-hydrogen) atoms. The van der Waals surface area contributed by atoms with E-state index in [1.54, 1.807) is 24.2 Å². The average Bonchev–Trinajstić information content (AvgIpc) is 2.16. The lowest BCUT2D eigenvalue weighted by molar-refractivity contribution is -0.134. The molecular weight excluding hydrogens is 219 g/mol. The van der Waals surface area contributed by atoms with Crippen LogP contribution in [0.3, 0.4) is 0 Å². The highest BCUT2D eigenvalue weighted by Crippen LogP contribution is 2.24. The number of pyridine rings is 1. The average molecular weight is 233 g/mol. The summed E-state index contributed by atoms with van der Waals surface area (Å²) in [6, 6.07) is 1.68. The summed E-state index contributed by atoms with van der Waals surface area (Å²) in [6.07, 6.45) is -1.77. The molecule has 0 bridgehead atoms. The molecular formula is C10H14F3N3. The third-order valence-electron chi connectivity index (χ3n) is 2.19. The lowest BCUT2D eigenvalue weighted by atomic mass is 10.2. The second-order valence-corrected chi connectivity index (χ2v) is 3.57. The van der Waals surface area contributed by atoms with E-state index in [2.05, 4.69) is 4.98 Å². The standard InChI is InChI=1S/C10H14F3N3/c1-16(6-2-4-10(11,12)13)9-3-5-15-7-8(9)14/h3,5,7H,2,4,6,14H2,1H3. The number of aromatic nitrogens is 1. The number of nitrogen functional groups attached to an aromatic ring is 1. The smallest absolute Gasteiger partial charge is 0.389 e. The summed E-state index contributed by atoms with van der Waals surface area (Å²) in [5.74, 6) is 0. The van der Waals surface area contributed by atoms with E-state index in [-0.39, 0.29) is 6.42 Å². The largest absolute Gasteiger partial charge is 0.396 e. The third kappa shape index (κ3) is 3.96. The fraction of sp³-hybridized carbons (Fsp3) is 0.500. The molecule has 1 rings (SSSR count). The Kier molecular flexibility index (Phi) is 3.98. The minimum atomic E-state index is -4.09. The number of alkyl halides is 3. The second kappa shape index (κ2) is 5.05. The van der Waals surface area contributed by atoms with Gasteiger partial charge < -0.3 is 10.6 Å². The molecule has 0 saturated heterocycles. The molecule has 0 fully saturated rings. The summed E-state index contributed by atoms with van der Waals surface area (Å²) in [6.45, 7) is 0.313. The van der Waals surface area contributed by atoms with Crippen LogP contribution < -0.4 is 10.6 Å². The molecule has 0 atom stereocenters. The maximum absolute atomic E-state index is 11.9. The van der Waals surface area contributed by atoms with E-state index in [1.165, 1.54) is 6.20 Å². The van der Waals surface area contributed by atoms with Gasteiger partial charge in [-0.2, -0.15) is 13.2 Å². The molecule has 1 aromatic heterocycles. The molecule has 0 radical (unpaired) electrons. The Balaban J connectivity index is 2.47. The van der Waals surface area contributed by atoms with E-state index >= 15 is 0 Å². The predicted octanol–water partition coefficient (Wildman–Crippen LogP) is 2.44. The molecule has 0 aliphatic rings. The second-order valence-electron chi connectivity index (χ2n) is 3.57. The number of hydrogen-bond donors (Lipinski definition) is 1. The topological polar surface area (TPSA) is 42.2 Å². The van der Waals surface area contributed by atoms with Gasteiger partial charge in [-0.15, -0.1) is 0 Å². The lowest BCUT2D eigenvalue weighted by Crippen LogP contribution is -2.21. The Labute approximate surface area is 92.1 Å². The van der Waals surface area contributed by atoms with Crippen LogP contribution in [-0.2, 0) is 0 Å². The number of halogens is 3. The van der Waals surface area contributed by atoms with Crippen LogP contribution in [0.1, 0.15) is 12.8 Å². The summed E-state index contributed by atoms with van der Waals surface area (Å²) in [4.78, 5) is 5.51. The van der Waals surface area contributed by atoms with Crippen LogP contribution >= 0.6 is 0 Å². The molecule has 1 aromatic rings. The molecule has 0 aliphatic heterocycles. The number of rotatable bonds is 4. The van der Waals surface area contributed by atoms with Gasteiger partial charge in [0.1, 0.15) is 0 Å². The monoisotopic (exact) mass is 233 g/mol. The Bertz CT molecular complexity index is 338. The van der Waals surface area contributed by atoms with Crippen molar-refractivity contribution in [1.82, 2.24) is 4.98 Å². The summed E-state index contributed by atoms with van der Waals surface area (Å²) in [7, 11) is 1.71. The number of nitrogens with zero attached hydrogens (tertiary/aromatic N) is 2. The number of nitrogens with two attached hydrogens (primary N) is 1. The van der Waals surface area contributed by atoms with Crippen molar-refractivity contribution in [2.45, 2.75) is 19.0 Å². The minimum absolute atomic E-state index is 0.0573. The molecule has 0 unspecified atom stereocenters. The quantitative estimate of drug-likeness (QED) is 0.868. The Morgan fingerprint density at radius 2 is 2.12 bits per heavy atom. The molecule has 0 saturated carbocycles. The highest BCUT2D eigenvalue weighted by atomic mass is 19.4. The van der Waals surface area contributed by atoms with Gasteiger partial charge in [-0.05, 0) is 12.5 Å². The highest BCUT2D eigenvalue weighted by molar-refractivity contribution is 5.65. The minimum Gasteiger partial charge on any atom is -0.396 e. The van der Waals surface area contributed by atoms with E-state index in [4.69, 9.17) is 5.73 Å². The highest BCUT2D eigenvalue weighted by Gasteiger charge is 2.26. The summed E-state index contributed by atoms with van der Waals surface area (Å²) in [5, 5.41) is 0. The Hall–Kier alpha value is -1.46. The number of anilines is 2. The van der Waals surface area contributed by atoms with Gasteiger partial charge in [-0.1, -0.05) is 0 Å². The lowest BCUT2D eigenvalue weighted by Gasteiger charge is -2.20. The molecule has 3 nitrogen and oxygen atoms in total. The van der Waals surface area contributed by atoms with Gasteiger partial charge in [-0.3, -0.25) is 4.98 Å². The van der Waals surface area contributed by atoms with E-state index in [0.29, 0.717) is 17.9 Å². The maximum atomic E-state index is 11.9. The van der Waals surface area contributed by atoms with E-state index in [9.17, 15) is 13.2 Å². The first-order valence-electron chi connectivity index (χ1n) is 4.87. The first-order valence-corrected chi connectivity index (χ1v) is 4.87. The zero-order chi connectivity index (χ0) is 12.2. The van der Waals surface area contributed by atoms with Gasteiger partial charge >= 0.3 is 6.18 Å². The fourth-order valence-electron chi connectivity index (χ4n) is 1.38. The van der Waals surface area contributed by atoms with Crippen molar-refractivity contribution in [3.8, 4) is 0 Å². The van der Waals surface area contributed by atoms with E-state index in [1.807, 2.05) is 0 Å². The van der Waals surface area contributed by atoms with Gasteiger partial charge in [0, 0.05) is 26.2 Å². The van der Waals surface area contributed by atoms with Crippen LogP contribution in [0, 0.1) is 0 Å². The van der Waals surface area contributed by atoms with E-state index in [0.717, 1.165) is 0 Å². The first-order chi connectivity index (χ1) is 7.40. The van der Waals surface area contributed by atoms with Crippen LogP contribution in [0.2, 0.25) is 0 Å². The summed E-state index contributed by atoms with van der Waals surface area (Å²) >= 11 is 0. The SMILES string of the molecule is CN(CCCC(F)(F)F)c1ccncc1N. The predicted molar refractivity (Wildman–Crippen MR) is 57.2 cm³/mol. The third-order valence-corrected chi connectivity index (χ3v) is 2.19. The zero-order valence-electron chi connectivity index (χ0n) is 8.96.